The molecule has 1 saturated carbocycles. The zero-order valence-corrected chi connectivity index (χ0v) is 45.1. The molecule has 4 aromatic carbocycles. The van der Waals surface area contributed by atoms with Crippen LogP contribution in [0.3, 0.4) is 0 Å². The summed E-state index contributed by atoms with van der Waals surface area (Å²) in [6, 6.07) is 23.2. The Balaban J connectivity index is 0.666. The number of aromatic nitrogens is 6. The van der Waals surface area contributed by atoms with Gasteiger partial charge in [-0.2, -0.15) is 9.97 Å². The summed E-state index contributed by atoms with van der Waals surface area (Å²) in [6.45, 7) is 14.2. The molecule has 2 atom stereocenters. The summed E-state index contributed by atoms with van der Waals surface area (Å²) in [6.07, 6.45) is 13.4. The van der Waals surface area contributed by atoms with Crippen molar-refractivity contribution < 1.29 is 28.9 Å². The maximum absolute atomic E-state index is 17.1. The van der Waals surface area contributed by atoms with E-state index >= 15 is 4.39 Å². The summed E-state index contributed by atoms with van der Waals surface area (Å²) in [4.78, 5) is 50.9. The second-order valence-electron chi connectivity index (χ2n) is 22.6. The number of piperazine rings is 2. The highest BCUT2D eigenvalue weighted by Crippen LogP contribution is 2.47. The van der Waals surface area contributed by atoms with Crippen molar-refractivity contribution >= 4 is 39.3 Å². The molecule has 7 heterocycles. The highest BCUT2D eigenvalue weighted by Gasteiger charge is 2.46. The van der Waals surface area contributed by atoms with E-state index in [1.54, 1.807) is 16.8 Å². The number of halogens is 1. The van der Waals surface area contributed by atoms with E-state index in [0.717, 1.165) is 101 Å². The Kier molecular flexibility index (Phi) is 14.1. The number of pyridine rings is 1. The van der Waals surface area contributed by atoms with Gasteiger partial charge in [-0.05, 0) is 105 Å². The number of phenolic OH excluding ortho intramolecular Hbond substituents is 2. The predicted octanol–water partition coefficient (Wildman–Crippen LogP) is 7.65. The molecule has 4 saturated heterocycles. The first kappa shape index (κ1) is 52.0. The lowest BCUT2D eigenvalue weighted by atomic mass is 9.94. The number of benzene rings is 4. The minimum atomic E-state index is -0.531. The lowest BCUT2D eigenvalue weighted by Gasteiger charge is -2.39. The standard InChI is InChI=1S/C61H67FN12O5/c1-5-39-9-7-10-40-11-8-12-45(51(39)40)53-52(62)54-48(31-64-53)55(73-33-42-15-16-43(34-73)65-42)67-60(66-54)79-36-61(21-22-61)35-71-25-27-72(28-26-71)59(78)41-19-23-70(24-20-41)32-38-13-17-44(18-14-38)74-56(68-69-57(74)58(77)63-6-2)47-29-46(37(3)4)49(75)30-50(47)76/h1,7-14,17-18,29-31,37,41-43,65,75-76H,6,15-16,19-28,32-36H2,2-4H3,(H,63,77). The van der Waals surface area contributed by atoms with Gasteiger partial charge in [0.15, 0.2) is 11.6 Å². The van der Waals surface area contributed by atoms with E-state index in [1.807, 2.05) is 81.4 Å². The van der Waals surface area contributed by atoms with Crippen LogP contribution >= 0.6 is 0 Å². The molecular weight excluding hydrogens is 1000 g/mol. The van der Waals surface area contributed by atoms with Gasteiger partial charge in [0.1, 0.15) is 28.5 Å². The molecule has 2 bridgehead atoms. The van der Waals surface area contributed by atoms with Crippen LogP contribution in [0.5, 0.6) is 17.5 Å². The highest BCUT2D eigenvalue weighted by molar-refractivity contribution is 6.02. The Morgan fingerprint density at radius 2 is 1.62 bits per heavy atom. The number of nitrogens with zero attached hydrogens (tertiary/aromatic N) is 10. The monoisotopic (exact) mass is 1070 g/mol. The number of ether oxygens (including phenoxy) is 1. The third-order valence-corrected chi connectivity index (χ3v) is 16.9. The lowest BCUT2D eigenvalue weighted by molar-refractivity contribution is -0.139. The molecule has 79 heavy (non-hydrogen) atoms. The normalized spacial score (nSPS) is 19.5. The molecule has 408 valence electrons. The van der Waals surface area contributed by atoms with Gasteiger partial charge in [0.2, 0.25) is 11.7 Å². The highest BCUT2D eigenvalue weighted by atomic mass is 19.1. The fraction of sp³-hybridized carbons (Fsp3) is 0.426. The number of likely N-dealkylation sites (tertiary alicyclic amines) is 1. The van der Waals surface area contributed by atoms with Crippen molar-refractivity contribution in [1.29, 1.82) is 0 Å². The van der Waals surface area contributed by atoms with E-state index in [0.29, 0.717) is 84.0 Å². The van der Waals surface area contributed by atoms with Gasteiger partial charge in [-0.3, -0.25) is 28.9 Å². The number of carbonyl (C=O) groups is 2. The summed E-state index contributed by atoms with van der Waals surface area (Å²) >= 11 is 0. The molecule has 12 rings (SSSR count). The number of terminal acetylenes is 1. The third-order valence-electron chi connectivity index (χ3n) is 16.9. The SMILES string of the molecule is C#Cc1cccc2cccc(-c3ncc4c(N5CC6CCC(C5)N6)nc(OCC5(CN6CCN(C(=O)C7CCN(Cc8ccc(-n9c(C(=O)NCC)nnc9-c9cc(C(C)C)c(O)cc9O)cc8)CC7)CC6)CC5)nc4c3F)c12. The van der Waals surface area contributed by atoms with Crippen molar-refractivity contribution in [2.45, 2.75) is 83.8 Å². The summed E-state index contributed by atoms with van der Waals surface area (Å²) < 4.78 is 25.3. The third kappa shape index (κ3) is 10.3. The number of hydrogen-bond donors (Lipinski definition) is 4. The summed E-state index contributed by atoms with van der Waals surface area (Å²) in [5.41, 5.74) is 4.30. The molecule has 2 amide bonds. The number of anilines is 1. The fourth-order valence-electron chi connectivity index (χ4n) is 12.4. The van der Waals surface area contributed by atoms with Gasteiger partial charge in [-0.1, -0.05) is 62.2 Å². The van der Waals surface area contributed by atoms with Gasteiger partial charge in [0.05, 0.1) is 17.6 Å². The van der Waals surface area contributed by atoms with E-state index in [4.69, 9.17) is 26.1 Å². The van der Waals surface area contributed by atoms with Crippen LogP contribution in [0.25, 0.3) is 50.0 Å². The molecule has 17 nitrogen and oxygen atoms in total. The second-order valence-corrected chi connectivity index (χ2v) is 22.6. The molecule has 18 heteroatoms. The van der Waals surface area contributed by atoms with Gasteiger partial charge in [-0.15, -0.1) is 16.6 Å². The number of hydrogen-bond acceptors (Lipinski definition) is 14. The molecule has 5 fully saturated rings. The first-order valence-corrected chi connectivity index (χ1v) is 28.0. The molecule has 0 radical (unpaired) electrons. The molecule has 5 aliphatic rings. The number of aromatic hydroxyl groups is 2. The zero-order chi connectivity index (χ0) is 54.5. The minimum Gasteiger partial charge on any atom is -0.508 e. The molecular formula is C61H67FN12O5. The van der Waals surface area contributed by atoms with Crippen LogP contribution in [0.4, 0.5) is 10.2 Å². The molecule has 7 aromatic rings. The predicted molar refractivity (Wildman–Crippen MR) is 301 cm³/mol. The maximum atomic E-state index is 17.1. The number of rotatable bonds is 15. The second kappa shape index (κ2) is 21.5. The Bertz CT molecular complexity index is 3490. The minimum absolute atomic E-state index is 0.0150. The summed E-state index contributed by atoms with van der Waals surface area (Å²) in [5, 5.41) is 38.8. The van der Waals surface area contributed by atoms with E-state index < -0.39 is 11.7 Å². The Morgan fingerprint density at radius 1 is 0.886 bits per heavy atom. The Morgan fingerprint density at radius 3 is 2.32 bits per heavy atom. The van der Waals surface area contributed by atoms with Gasteiger partial charge in [0.25, 0.3) is 5.91 Å². The molecule has 0 spiro atoms. The van der Waals surface area contributed by atoms with Crippen LogP contribution in [-0.2, 0) is 11.3 Å². The number of fused-ring (bicyclic) bond motifs is 4. The van der Waals surface area contributed by atoms with Gasteiger partial charge in [-0.25, -0.2) is 4.39 Å². The average Bonchev–Trinajstić information content (AvgIpc) is 4.11. The van der Waals surface area contributed by atoms with Crippen LogP contribution in [-0.4, -0.2) is 151 Å². The van der Waals surface area contributed by atoms with Crippen molar-refractivity contribution in [1.82, 2.24) is 55.0 Å². The van der Waals surface area contributed by atoms with Crippen molar-refractivity contribution in [3.63, 3.8) is 0 Å². The number of carbonyl (C=O) groups excluding carboxylic acids is 2. The Hall–Kier alpha value is -7.72. The van der Waals surface area contributed by atoms with Gasteiger partial charge < -0.3 is 35.4 Å². The topological polar surface area (TPSA) is 190 Å². The average molecular weight is 1070 g/mol. The lowest BCUT2D eigenvalue weighted by Crippen LogP contribution is -2.52. The van der Waals surface area contributed by atoms with Crippen LogP contribution < -0.4 is 20.3 Å². The first-order valence-electron chi connectivity index (χ1n) is 28.0. The van der Waals surface area contributed by atoms with Crippen LogP contribution in [0.1, 0.15) is 92.5 Å². The van der Waals surface area contributed by atoms with Crippen molar-refractivity contribution in [3.8, 4) is 58.2 Å². The molecule has 4 aliphatic heterocycles. The van der Waals surface area contributed by atoms with Crippen LogP contribution in [0.15, 0.2) is 79.0 Å². The first-order chi connectivity index (χ1) is 38.3. The fourth-order valence-corrected chi connectivity index (χ4v) is 12.4. The Labute approximate surface area is 459 Å². The quantitative estimate of drug-likeness (QED) is 0.0733. The number of phenols is 2. The molecule has 3 aromatic heterocycles. The van der Waals surface area contributed by atoms with Crippen LogP contribution in [0.2, 0.25) is 0 Å². The number of nitrogens with one attached hydrogen (secondary N) is 2. The molecule has 2 unspecified atom stereocenters. The van der Waals surface area contributed by atoms with Gasteiger partial charge in [0, 0.05) is 117 Å². The van der Waals surface area contributed by atoms with E-state index in [2.05, 4.69) is 46.4 Å². The summed E-state index contributed by atoms with van der Waals surface area (Å²) in [7, 11) is 0. The van der Waals surface area contributed by atoms with Crippen molar-refractivity contribution in [2.75, 3.05) is 77.0 Å². The maximum Gasteiger partial charge on any atom is 0.319 e. The zero-order valence-electron chi connectivity index (χ0n) is 45.1. The molecule has 4 N–H and O–H groups in total. The van der Waals surface area contributed by atoms with Crippen LogP contribution in [0, 0.1) is 29.5 Å². The van der Waals surface area contributed by atoms with E-state index in [9.17, 15) is 19.8 Å². The largest absolute Gasteiger partial charge is 0.508 e. The smallest absolute Gasteiger partial charge is 0.319 e. The van der Waals surface area contributed by atoms with E-state index in [1.165, 1.54) is 6.07 Å². The number of amides is 2. The van der Waals surface area contributed by atoms with E-state index in [-0.39, 0.29) is 63.5 Å². The van der Waals surface area contributed by atoms with Gasteiger partial charge >= 0.3 is 6.01 Å². The molecule has 1 aliphatic carbocycles. The number of piperidine rings is 1. The van der Waals surface area contributed by atoms with Crippen molar-refractivity contribution in [3.05, 3.63) is 107 Å². The summed E-state index contributed by atoms with van der Waals surface area (Å²) in [5.74, 6) is 2.87. The van der Waals surface area contributed by atoms with Crippen molar-refractivity contribution in [2.24, 2.45) is 11.3 Å².